The number of amides is 2. The maximum Gasteiger partial charge on any atom is 0.240 e. The number of benzene rings is 2. The molecule has 0 fully saturated rings. The lowest BCUT2D eigenvalue weighted by Crippen LogP contribution is -2.41. The normalized spacial score (nSPS) is 11.9. The van der Waals surface area contributed by atoms with Gasteiger partial charge < -0.3 is 15.2 Å². The Balaban J connectivity index is 1.59. The fourth-order valence-electron chi connectivity index (χ4n) is 3.23. The molecule has 5 nitrogen and oxygen atoms in total. The molecule has 2 aromatic carbocycles. The number of para-hydroxylation sites is 1. The van der Waals surface area contributed by atoms with Crippen molar-refractivity contribution in [2.45, 2.75) is 26.3 Å². The second-order valence-electron chi connectivity index (χ2n) is 6.75. The lowest BCUT2D eigenvalue weighted by Gasteiger charge is -2.22. The summed E-state index contributed by atoms with van der Waals surface area (Å²) in [6.07, 6.45) is 2.67. The van der Waals surface area contributed by atoms with E-state index in [4.69, 9.17) is 0 Å². The summed E-state index contributed by atoms with van der Waals surface area (Å²) in [6, 6.07) is 17.8. The second-order valence-corrected chi connectivity index (χ2v) is 6.75. The zero-order valence-electron chi connectivity index (χ0n) is 15.7. The molecular formula is C22H25N3O2. The van der Waals surface area contributed by atoms with Crippen LogP contribution in [-0.2, 0) is 16.0 Å². The van der Waals surface area contributed by atoms with E-state index in [0.717, 1.165) is 22.0 Å². The van der Waals surface area contributed by atoms with Gasteiger partial charge in [-0.25, -0.2) is 0 Å². The highest BCUT2D eigenvalue weighted by Crippen LogP contribution is 2.18. The Bertz CT molecular complexity index is 917. The van der Waals surface area contributed by atoms with Gasteiger partial charge in [-0.05, 0) is 30.5 Å². The summed E-state index contributed by atoms with van der Waals surface area (Å²) in [4.78, 5) is 29.2. The number of carbonyl (C=O) groups excluding carboxylic acids is 2. The maximum absolute atomic E-state index is 12.4. The van der Waals surface area contributed by atoms with Crippen molar-refractivity contribution in [3.63, 3.8) is 0 Å². The first-order valence-corrected chi connectivity index (χ1v) is 9.19. The third-order valence-electron chi connectivity index (χ3n) is 4.78. The van der Waals surface area contributed by atoms with Crippen molar-refractivity contribution in [1.82, 2.24) is 15.2 Å². The van der Waals surface area contributed by atoms with Crippen LogP contribution >= 0.6 is 0 Å². The van der Waals surface area contributed by atoms with Crippen LogP contribution in [0, 0.1) is 0 Å². The molecule has 1 aromatic heterocycles. The smallest absolute Gasteiger partial charge is 0.240 e. The highest BCUT2D eigenvalue weighted by Gasteiger charge is 2.16. The van der Waals surface area contributed by atoms with E-state index in [2.05, 4.69) is 16.4 Å². The summed E-state index contributed by atoms with van der Waals surface area (Å²) in [5, 5.41) is 4.12. The topological polar surface area (TPSA) is 65.2 Å². The fourth-order valence-corrected chi connectivity index (χ4v) is 3.23. The third-order valence-corrected chi connectivity index (χ3v) is 4.78. The van der Waals surface area contributed by atoms with Crippen LogP contribution in [0.1, 0.15) is 31.0 Å². The van der Waals surface area contributed by atoms with Crippen LogP contribution in [0.5, 0.6) is 0 Å². The summed E-state index contributed by atoms with van der Waals surface area (Å²) < 4.78 is 0. The molecule has 3 rings (SSSR count). The van der Waals surface area contributed by atoms with Crippen LogP contribution in [0.3, 0.4) is 0 Å². The predicted molar refractivity (Wildman–Crippen MR) is 107 cm³/mol. The van der Waals surface area contributed by atoms with Gasteiger partial charge in [0.05, 0.1) is 12.6 Å². The zero-order valence-corrected chi connectivity index (χ0v) is 15.7. The van der Waals surface area contributed by atoms with Crippen molar-refractivity contribution >= 4 is 22.7 Å². The van der Waals surface area contributed by atoms with Gasteiger partial charge in [0, 0.05) is 30.6 Å². The Kier molecular flexibility index (Phi) is 5.91. The first-order chi connectivity index (χ1) is 13.0. The zero-order chi connectivity index (χ0) is 19.2. The Morgan fingerprint density at radius 2 is 1.78 bits per heavy atom. The molecule has 27 heavy (non-hydrogen) atoms. The minimum Gasteiger partial charge on any atom is -0.361 e. The standard InChI is InChI=1S/C22H25N3O2/c1-16(18-8-4-3-5-9-18)24-22(27)15-25(17(2)26)13-12-19-14-23-21-11-7-6-10-20(19)21/h3-11,14,16,23H,12-13,15H2,1-2H3,(H,24,27). The molecule has 1 unspecified atom stereocenters. The summed E-state index contributed by atoms with van der Waals surface area (Å²) in [5.41, 5.74) is 3.27. The molecule has 0 bridgehead atoms. The van der Waals surface area contributed by atoms with Crippen LogP contribution < -0.4 is 5.32 Å². The molecule has 140 valence electrons. The molecule has 2 amide bonds. The monoisotopic (exact) mass is 363 g/mol. The van der Waals surface area contributed by atoms with Crippen molar-refractivity contribution in [1.29, 1.82) is 0 Å². The van der Waals surface area contributed by atoms with Crippen LogP contribution in [0.15, 0.2) is 60.8 Å². The van der Waals surface area contributed by atoms with E-state index in [9.17, 15) is 9.59 Å². The molecule has 1 atom stereocenters. The summed E-state index contributed by atoms with van der Waals surface area (Å²) >= 11 is 0. The minimum atomic E-state index is -0.152. The average molecular weight is 363 g/mol. The number of aromatic nitrogens is 1. The molecule has 0 spiro atoms. The molecule has 0 saturated carbocycles. The Labute approximate surface area is 159 Å². The van der Waals surface area contributed by atoms with Crippen LogP contribution in [-0.4, -0.2) is 34.8 Å². The van der Waals surface area contributed by atoms with E-state index in [1.807, 2.05) is 61.7 Å². The van der Waals surface area contributed by atoms with E-state index >= 15 is 0 Å². The van der Waals surface area contributed by atoms with Gasteiger partial charge in [0.25, 0.3) is 0 Å². The molecule has 0 radical (unpaired) electrons. The van der Waals surface area contributed by atoms with Gasteiger partial charge in [0.1, 0.15) is 0 Å². The molecule has 0 aliphatic heterocycles. The molecule has 3 aromatic rings. The molecule has 1 heterocycles. The van der Waals surface area contributed by atoms with Gasteiger partial charge in [0.15, 0.2) is 0 Å². The van der Waals surface area contributed by atoms with Gasteiger partial charge >= 0.3 is 0 Å². The van der Waals surface area contributed by atoms with Crippen LogP contribution in [0.25, 0.3) is 10.9 Å². The SMILES string of the molecule is CC(=O)N(CCc1c[nH]c2ccccc12)CC(=O)NC(C)c1ccccc1. The van der Waals surface area contributed by atoms with Crippen molar-refractivity contribution in [3.8, 4) is 0 Å². The summed E-state index contributed by atoms with van der Waals surface area (Å²) in [6.45, 7) is 4.01. The molecule has 2 N–H and O–H groups in total. The number of nitrogens with zero attached hydrogens (tertiary/aromatic N) is 1. The molecular weight excluding hydrogens is 338 g/mol. The summed E-state index contributed by atoms with van der Waals surface area (Å²) in [7, 11) is 0. The maximum atomic E-state index is 12.4. The minimum absolute atomic E-state index is 0.0643. The summed E-state index contributed by atoms with van der Waals surface area (Å²) in [5.74, 6) is -0.252. The largest absolute Gasteiger partial charge is 0.361 e. The van der Waals surface area contributed by atoms with E-state index in [1.54, 1.807) is 4.90 Å². The fraction of sp³-hybridized carbons (Fsp3) is 0.273. The van der Waals surface area contributed by atoms with E-state index in [1.165, 1.54) is 6.92 Å². The van der Waals surface area contributed by atoms with Gasteiger partial charge in [-0.1, -0.05) is 48.5 Å². The number of carbonyl (C=O) groups is 2. The quantitative estimate of drug-likeness (QED) is 0.675. The average Bonchev–Trinajstić information content (AvgIpc) is 3.08. The van der Waals surface area contributed by atoms with E-state index < -0.39 is 0 Å². The highest BCUT2D eigenvalue weighted by atomic mass is 16.2. The highest BCUT2D eigenvalue weighted by molar-refractivity contribution is 5.85. The Hall–Kier alpha value is -3.08. The van der Waals surface area contributed by atoms with E-state index in [-0.39, 0.29) is 24.4 Å². The lowest BCUT2D eigenvalue weighted by atomic mass is 10.1. The Morgan fingerprint density at radius 3 is 2.52 bits per heavy atom. The molecule has 0 aliphatic carbocycles. The number of nitrogens with one attached hydrogen (secondary N) is 2. The van der Waals surface area contributed by atoms with Gasteiger partial charge in [-0.3, -0.25) is 9.59 Å². The predicted octanol–water partition coefficient (Wildman–Crippen LogP) is 3.44. The number of hydrogen-bond donors (Lipinski definition) is 2. The van der Waals surface area contributed by atoms with Crippen molar-refractivity contribution in [2.75, 3.05) is 13.1 Å². The lowest BCUT2D eigenvalue weighted by molar-refractivity contribution is -0.134. The van der Waals surface area contributed by atoms with Gasteiger partial charge in [-0.2, -0.15) is 0 Å². The first kappa shape index (κ1) is 18.7. The van der Waals surface area contributed by atoms with Crippen molar-refractivity contribution in [2.24, 2.45) is 0 Å². The molecule has 0 aliphatic rings. The number of aromatic amines is 1. The number of rotatable bonds is 7. The van der Waals surface area contributed by atoms with Crippen molar-refractivity contribution in [3.05, 3.63) is 71.9 Å². The van der Waals surface area contributed by atoms with Crippen LogP contribution in [0.2, 0.25) is 0 Å². The molecule has 5 heteroatoms. The van der Waals surface area contributed by atoms with Gasteiger partial charge in [-0.15, -0.1) is 0 Å². The Morgan fingerprint density at radius 1 is 1.07 bits per heavy atom. The van der Waals surface area contributed by atoms with Crippen LogP contribution in [0.4, 0.5) is 0 Å². The van der Waals surface area contributed by atoms with E-state index in [0.29, 0.717) is 13.0 Å². The van der Waals surface area contributed by atoms with Gasteiger partial charge in [0.2, 0.25) is 11.8 Å². The number of H-pyrrole nitrogens is 1. The third kappa shape index (κ3) is 4.76. The number of hydrogen-bond acceptors (Lipinski definition) is 2. The number of fused-ring (bicyclic) bond motifs is 1. The van der Waals surface area contributed by atoms with Crippen molar-refractivity contribution < 1.29 is 9.59 Å². The first-order valence-electron chi connectivity index (χ1n) is 9.19. The second kappa shape index (κ2) is 8.54. The molecule has 0 saturated heterocycles.